The maximum absolute atomic E-state index is 12.6. The quantitative estimate of drug-likeness (QED) is 0.748. The molecule has 0 saturated heterocycles. The Bertz CT molecular complexity index is 513. The van der Waals surface area contributed by atoms with Crippen molar-refractivity contribution in [3.63, 3.8) is 0 Å². The van der Waals surface area contributed by atoms with Gasteiger partial charge in [0.1, 0.15) is 12.4 Å². The molecule has 5 heteroatoms. The van der Waals surface area contributed by atoms with Gasteiger partial charge in [-0.1, -0.05) is 24.8 Å². The fourth-order valence-corrected chi connectivity index (χ4v) is 2.09. The monoisotopic (exact) mass is 291 g/mol. The minimum absolute atomic E-state index is 0.0880. The molecule has 1 unspecified atom stereocenters. The third-order valence-corrected chi connectivity index (χ3v) is 3.08. The predicted octanol–water partition coefficient (Wildman–Crippen LogP) is 2.58. The van der Waals surface area contributed by atoms with Crippen LogP contribution in [0.1, 0.15) is 30.6 Å². The average Bonchev–Trinajstić information content (AvgIpc) is 2.45. The first-order valence-electron chi connectivity index (χ1n) is 6.86. The zero-order valence-corrected chi connectivity index (χ0v) is 12.4. The molecule has 114 valence electrons. The highest BCUT2D eigenvalue weighted by molar-refractivity contribution is 5.97. The Labute approximate surface area is 124 Å². The van der Waals surface area contributed by atoms with E-state index in [0.29, 0.717) is 24.5 Å². The van der Waals surface area contributed by atoms with E-state index in [-0.39, 0.29) is 18.4 Å². The summed E-state index contributed by atoms with van der Waals surface area (Å²) < 4.78 is 5.48. The number of para-hydroxylation sites is 1. The third-order valence-electron chi connectivity index (χ3n) is 3.08. The van der Waals surface area contributed by atoms with Gasteiger partial charge in [0.2, 0.25) is 0 Å². The number of hydrogen-bond donors (Lipinski definition) is 1. The van der Waals surface area contributed by atoms with E-state index in [0.717, 1.165) is 0 Å². The number of aliphatic carboxylic acids is 1. The Morgan fingerprint density at radius 2 is 2.10 bits per heavy atom. The highest BCUT2D eigenvalue weighted by atomic mass is 16.5. The van der Waals surface area contributed by atoms with E-state index in [1.165, 1.54) is 4.90 Å². The minimum atomic E-state index is -0.926. The lowest BCUT2D eigenvalue weighted by atomic mass is 10.1. The van der Waals surface area contributed by atoms with E-state index < -0.39 is 5.97 Å². The van der Waals surface area contributed by atoms with Gasteiger partial charge in [0.25, 0.3) is 5.91 Å². The van der Waals surface area contributed by atoms with Gasteiger partial charge in [0, 0.05) is 12.6 Å². The second kappa shape index (κ2) is 8.09. The molecule has 0 aliphatic carbocycles. The number of amides is 1. The molecule has 1 aromatic rings. The summed E-state index contributed by atoms with van der Waals surface area (Å²) in [5.74, 6) is -0.681. The van der Waals surface area contributed by atoms with Crippen LogP contribution in [-0.4, -0.2) is 41.1 Å². The molecular weight excluding hydrogens is 270 g/mol. The number of carboxylic acid groups (broad SMARTS) is 1. The highest BCUT2D eigenvalue weighted by Gasteiger charge is 2.24. The van der Waals surface area contributed by atoms with Gasteiger partial charge in [-0.15, -0.1) is 0 Å². The summed E-state index contributed by atoms with van der Waals surface area (Å²) in [6.45, 7) is 7.86. The number of hydrogen-bond acceptors (Lipinski definition) is 3. The summed E-state index contributed by atoms with van der Waals surface area (Å²) in [5, 5.41) is 8.88. The van der Waals surface area contributed by atoms with Gasteiger partial charge in [0.05, 0.1) is 12.0 Å². The Kier molecular flexibility index (Phi) is 6.46. The second-order valence-electron chi connectivity index (χ2n) is 4.63. The molecule has 1 aromatic carbocycles. The SMILES string of the molecule is C=CCOc1ccccc1C(=O)N(CC)C(C)CC(=O)O. The van der Waals surface area contributed by atoms with Crippen LogP contribution >= 0.6 is 0 Å². The molecule has 0 aliphatic rings. The number of carboxylic acids is 1. The Morgan fingerprint density at radius 1 is 1.43 bits per heavy atom. The van der Waals surface area contributed by atoms with Crippen molar-refractivity contribution in [2.45, 2.75) is 26.3 Å². The van der Waals surface area contributed by atoms with Crippen LogP contribution in [0, 0.1) is 0 Å². The van der Waals surface area contributed by atoms with E-state index >= 15 is 0 Å². The van der Waals surface area contributed by atoms with Crippen molar-refractivity contribution in [3.05, 3.63) is 42.5 Å². The van der Waals surface area contributed by atoms with Crippen LogP contribution in [0.3, 0.4) is 0 Å². The van der Waals surface area contributed by atoms with Crippen LogP contribution in [0.2, 0.25) is 0 Å². The molecule has 0 spiro atoms. The van der Waals surface area contributed by atoms with Crippen molar-refractivity contribution in [2.24, 2.45) is 0 Å². The normalized spacial score (nSPS) is 11.5. The maximum atomic E-state index is 12.6. The summed E-state index contributed by atoms with van der Waals surface area (Å²) in [6, 6.07) is 6.55. The number of benzene rings is 1. The fraction of sp³-hybridized carbons (Fsp3) is 0.375. The highest BCUT2D eigenvalue weighted by Crippen LogP contribution is 2.21. The van der Waals surface area contributed by atoms with Gasteiger partial charge < -0.3 is 14.7 Å². The Balaban J connectivity index is 2.99. The van der Waals surface area contributed by atoms with Crippen molar-refractivity contribution in [1.29, 1.82) is 0 Å². The molecule has 0 radical (unpaired) electrons. The molecule has 1 amide bonds. The fourth-order valence-electron chi connectivity index (χ4n) is 2.09. The largest absolute Gasteiger partial charge is 0.489 e. The molecule has 21 heavy (non-hydrogen) atoms. The van der Waals surface area contributed by atoms with E-state index in [1.54, 1.807) is 37.3 Å². The molecular formula is C16H21NO4. The van der Waals surface area contributed by atoms with Crippen LogP contribution in [-0.2, 0) is 4.79 Å². The first kappa shape index (κ1) is 16.8. The van der Waals surface area contributed by atoms with Crippen molar-refractivity contribution < 1.29 is 19.4 Å². The summed E-state index contributed by atoms with van der Waals surface area (Å²) in [4.78, 5) is 25.0. The topological polar surface area (TPSA) is 66.8 Å². The molecule has 5 nitrogen and oxygen atoms in total. The van der Waals surface area contributed by atoms with E-state index in [1.807, 2.05) is 6.92 Å². The average molecular weight is 291 g/mol. The minimum Gasteiger partial charge on any atom is -0.489 e. The van der Waals surface area contributed by atoms with E-state index in [2.05, 4.69) is 6.58 Å². The number of nitrogens with zero attached hydrogens (tertiary/aromatic N) is 1. The first-order chi connectivity index (χ1) is 10.0. The molecule has 0 aromatic heterocycles. The predicted molar refractivity (Wildman–Crippen MR) is 80.6 cm³/mol. The molecule has 0 heterocycles. The zero-order valence-electron chi connectivity index (χ0n) is 12.4. The molecule has 1 N–H and O–H groups in total. The molecule has 0 bridgehead atoms. The summed E-state index contributed by atoms with van der Waals surface area (Å²) in [5.41, 5.74) is 0.429. The van der Waals surface area contributed by atoms with Gasteiger partial charge in [0.15, 0.2) is 0 Å². The van der Waals surface area contributed by atoms with Crippen molar-refractivity contribution in [2.75, 3.05) is 13.2 Å². The lowest BCUT2D eigenvalue weighted by molar-refractivity contribution is -0.138. The van der Waals surface area contributed by atoms with E-state index in [4.69, 9.17) is 9.84 Å². The molecule has 1 atom stereocenters. The standard InChI is InChI=1S/C16H21NO4/c1-4-10-21-14-9-7-6-8-13(14)16(20)17(5-2)12(3)11-15(18)19/h4,6-9,12H,1,5,10-11H2,2-3H3,(H,18,19). The third kappa shape index (κ3) is 4.63. The Morgan fingerprint density at radius 3 is 2.67 bits per heavy atom. The van der Waals surface area contributed by atoms with Gasteiger partial charge >= 0.3 is 5.97 Å². The smallest absolute Gasteiger partial charge is 0.305 e. The molecule has 0 aliphatic heterocycles. The summed E-state index contributed by atoms with van der Waals surface area (Å²) in [7, 11) is 0. The number of ether oxygens (including phenoxy) is 1. The second-order valence-corrected chi connectivity index (χ2v) is 4.63. The van der Waals surface area contributed by atoms with Crippen molar-refractivity contribution in [3.8, 4) is 5.75 Å². The van der Waals surface area contributed by atoms with Crippen LogP contribution in [0.15, 0.2) is 36.9 Å². The number of carbonyl (C=O) groups excluding carboxylic acids is 1. The van der Waals surface area contributed by atoms with E-state index in [9.17, 15) is 9.59 Å². The number of rotatable bonds is 8. The summed E-state index contributed by atoms with van der Waals surface area (Å²) >= 11 is 0. The van der Waals surface area contributed by atoms with Crippen LogP contribution in [0.25, 0.3) is 0 Å². The van der Waals surface area contributed by atoms with Gasteiger partial charge in [-0.3, -0.25) is 9.59 Å². The van der Waals surface area contributed by atoms with Crippen LogP contribution < -0.4 is 4.74 Å². The van der Waals surface area contributed by atoms with Gasteiger partial charge in [-0.2, -0.15) is 0 Å². The molecule has 0 saturated carbocycles. The molecule has 0 fully saturated rings. The first-order valence-corrected chi connectivity index (χ1v) is 6.86. The lowest BCUT2D eigenvalue weighted by Gasteiger charge is -2.27. The maximum Gasteiger partial charge on any atom is 0.305 e. The molecule has 1 rings (SSSR count). The Hall–Kier alpha value is -2.30. The lowest BCUT2D eigenvalue weighted by Crippen LogP contribution is -2.39. The van der Waals surface area contributed by atoms with Crippen LogP contribution in [0.5, 0.6) is 5.75 Å². The van der Waals surface area contributed by atoms with Gasteiger partial charge in [-0.05, 0) is 26.0 Å². The van der Waals surface area contributed by atoms with Crippen LogP contribution in [0.4, 0.5) is 0 Å². The van der Waals surface area contributed by atoms with Crippen molar-refractivity contribution in [1.82, 2.24) is 4.90 Å². The summed E-state index contributed by atoms with van der Waals surface area (Å²) in [6.07, 6.45) is 1.52. The van der Waals surface area contributed by atoms with Gasteiger partial charge in [-0.25, -0.2) is 0 Å². The number of carbonyl (C=O) groups is 2. The van der Waals surface area contributed by atoms with Crippen molar-refractivity contribution >= 4 is 11.9 Å². The zero-order chi connectivity index (χ0) is 15.8.